The highest BCUT2D eigenvalue weighted by Crippen LogP contribution is 2.44. The molecule has 0 radical (unpaired) electrons. The van der Waals surface area contributed by atoms with Crippen LogP contribution >= 0.6 is 11.6 Å². The van der Waals surface area contributed by atoms with E-state index in [4.69, 9.17) is 16.7 Å². The second-order valence-corrected chi connectivity index (χ2v) is 7.74. The van der Waals surface area contributed by atoms with Gasteiger partial charge in [-0.15, -0.1) is 0 Å². The summed E-state index contributed by atoms with van der Waals surface area (Å²) in [6.07, 6.45) is 1.97. The molecule has 1 aliphatic heterocycles. The fourth-order valence-electron chi connectivity index (χ4n) is 4.34. The molecule has 1 aliphatic carbocycles. The lowest BCUT2D eigenvalue weighted by Crippen LogP contribution is -2.32. The zero-order chi connectivity index (χ0) is 19.1. The first-order valence-corrected chi connectivity index (χ1v) is 9.91. The highest BCUT2D eigenvalue weighted by Gasteiger charge is 2.43. The summed E-state index contributed by atoms with van der Waals surface area (Å²) in [7, 11) is 0. The lowest BCUT2D eigenvalue weighted by molar-refractivity contribution is 0.0681. The van der Waals surface area contributed by atoms with Gasteiger partial charge in [0.05, 0.1) is 11.8 Å². The molecule has 0 fully saturated rings. The van der Waals surface area contributed by atoms with Crippen LogP contribution in [0.4, 0.5) is 0 Å². The number of hydrazone groups is 1. The molecular weight excluding hydrogens is 368 g/mol. The molecule has 1 amide bonds. The van der Waals surface area contributed by atoms with E-state index in [1.165, 1.54) is 11.1 Å². The summed E-state index contributed by atoms with van der Waals surface area (Å²) >= 11 is 6.11. The molecule has 0 bridgehead atoms. The number of carbonyl (C=O) groups excluding carboxylic acids is 1. The van der Waals surface area contributed by atoms with E-state index in [2.05, 4.69) is 18.2 Å². The number of hydrogen-bond acceptors (Lipinski definition) is 2. The van der Waals surface area contributed by atoms with Crippen LogP contribution in [0.3, 0.4) is 0 Å². The summed E-state index contributed by atoms with van der Waals surface area (Å²) in [5.41, 5.74) is 5.21. The van der Waals surface area contributed by atoms with Crippen molar-refractivity contribution in [3.8, 4) is 0 Å². The van der Waals surface area contributed by atoms with E-state index in [9.17, 15) is 4.79 Å². The van der Waals surface area contributed by atoms with Gasteiger partial charge in [-0.05, 0) is 48.2 Å². The molecule has 0 saturated heterocycles. The van der Waals surface area contributed by atoms with Crippen LogP contribution in [0.5, 0.6) is 0 Å². The fraction of sp³-hybridized carbons (Fsp3) is 0.167. The molecule has 0 aromatic heterocycles. The lowest BCUT2D eigenvalue weighted by atomic mass is 9.77. The maximum absolute atomic E-state index is 13.3. The Morgan fingerprint density at radius 1 is 0.929 bits per heavy atom. The standard InChI is InChI=1S/C24H19ClN2O/c25-19-13-10-17(11-14-19)23-21-15-12-16-6-4-5-9-20(16)22(21)26-27(23)24(28)18-7-2-1-3-8-18/h1-11,13-14,21,23H,12,15H2. The Bertz CT molecular complexity index is 1060. The number of carbonyl (C=O) groups is 1. The Morgan fingerprint density at radius 2 is 1.64 bits per heavy atom. The summed E-state index contributed by atoms with van der Waals surface area (Å²) in [5, 5.41) is 7.25. The van der Waals surface area contributed by atoms with Crippen molar-refractivity contribution in [1.29, 1.82) is 0 Å². The predicted molar refractivity (Wildman–Crippen MR) is 112 cm³/mol. The molecule has 3 nitrogen and oxygen atoms in total. The van der Waals surface area contributed by atoms with E-state index in [0.29, 0.717) is 10.6 Å². The average molecular weight is 387 g/mol. The Morgan fingerprint density at radius 3 is 2.43 bits per heavy atom. The van der Waals surface area contributed by atoms with Crippen molar-refractivity contribution in [3.05, 3.63) is 106 Å². The number of hydrogen-bond donors (Lipinski definition) is 0. The van der Waals surface area contributed by atoms with Crippen LogP contribution in [0, 0.1) is 5.92 Å². The van der Waals surface area contributed by atoms with E-state index in [1.807, 2.05) is 60.7 Å². The van der Waals surface area contributed by atoms with Crippen LogP contribution < -0.4 is 0 Å². The van der Waals surface area contributed by atoms with E-state index in [-0.39, 0.29) is 17.9 Å². The van der Waals surface area contributed by atoms with E-state index < -0.39 is 0 Å². The normalized spacial score (nSPS) is 20.3. The number of rotatable bonds is 2. The molecule has 0 spiro atoms. The van der Waals surface area contributed by atoms with Crippen molar-refractivity contribution < 1.29 is 4.79 Å². The minimum Gasteiger partial charge on any atom is -0.267 e. The summed E-state index contributed by atoms with van der Waals surface area (Å²) in [5.74, 6) is 0.115. The van der Waals surface area contributed by atoms with Gasteiger partial charge in [-0.3, -0.25) is 4.79 Å². The van der Waals surface area contributed by atoms with Gasteiger partial charge in [0, 0.05) is 22.1 Å². The number of amides is 1. The van der Waals surface area contributed by atoms with Crippen LogP contribution in [-0.2, 0) is 6.42 Å². The summed E-state index contributed by atoms with van der Waals surface area (Å²) in [4.78, 5) is 13.3. The average Bonchev–Trinajstić information content (AvgIpc) is 3.14. The smallest absolute Gasteiger partial charge is 0.267 e. The maximum Gasteiger partial charge on any atom is 0.274 e. The van der Waals surface area contributed by atoms with Crippen molar-refractivity contribution in [3.63, 3.8) is 0 Å². The minimum absolute atomic E-state index is 0.0695. The van der Waals surface area contributed by atoms with Crippen molar-refractivity contribution in [2.24, 2.45) is 11.0 Å². The van der Waals surface area contributed by atoms with Gasteiger partial charge < -0.3 is 0 Å². The second kappa shape index (κ2) is 6.92. The zero-order valence-electron chi connectivity index (χ0n) is 15.3. The van der Waals surface area contributed by atoms with Gasteiger partial charge in [-0.1, -0.05) is 66.2 Å². The number of halogens is 1. The Kier molecular flexibility index (Phi) is 4.25. The molecule has 3 aromatic carbocycles. The van der Waals surface area contributed by atoms with Gasteiger partial charge in [0.2, 0.25) is 0 Å². The molecule has 1 heterocycles. The number of fused-ring (bicyclic) bond motifs is 3. The summed E-state index contributed by atoms with van der Waals surface area (Å²) in [6, 6.07) is 25.4. The van der Waals surface area contributed by atoms with Gasteiger partial charge in [0.25, 0.3) is 5.91 Å². The largest absolute Gasteiger partial charge is 0.274 e. The molecule has 28 heavy (non-hydrogen) atoms. The van der Waals surface area contributed by atoms with E-state index >= 15 is 0 Å². The van der Waals surface area contributed by atoms with Crippen LogP contribution in [-0.4, -0.2) is 16.6 Å². The van der Waals surface area contributed by atoms with Gasteiger partial charge in [0.1, 0.15) is 0 Å². The minimum atomic E-state index is -0.117. The van der Waals surface area contributed by atoms with Gasteiger partial charge >= 0.3 is 0 Å². The van der Waals surface area contributed by atoms with Crippen molar-refractivity contribution in [1.82, 2.24) is 5.01 Å². The quantitative estimate of drug-likeness (QED) is 0.572. The SMILES string of the molecule is O=C(c1ccccc1)N1N=C2c3ccccc3CCC2C1c1ccc(Cl)cc1. The first kappa shape index (κ1) is 17.2. The highest BCUT2D eigenvalue weighted by atomic mass is 35.5. The van der Waals surface area contributed by atoms with Crippen LogP contribution in [0.25, 0.3) is 0 Å². The molecule has 2 aliphatic rings. The maximum atomic E-state index is 13.3. The van der Waals surface area contributed by atoms with Gasteiger partial charge in [-0.25, -0.2) is 5.01 Å². The highest BCUT2D eigenvalue weighted by molar-refractivity contribution is 6.30. The Hall–Kier alpha value is -2.91. The topological polar surface area (TPSA) is 32.7 Å². The van der Waals surface area contributed by atoms with Crippen molar-refractivity contribution in [2.45, 2.75) is 18.9 Å². The van der Waals surface area contributed by atoms with E-state index in [0.717, 1.165) is 24.1 Å². The molecule has 3 aromatic rings. The third kappa shape index (κ3) is 2.83. The Labute approximate surface area is 169 Å². The van der Waals surface area contributed by atoms with E-state index in [1.54, 1.807) is 5.01 Å². The molecule has 0 saturated carbocycles. The first-order valence-electron chi connectivity index (χ1n) is 9.53. The molecule has 0 N–H and O–H groups in total. The monoisotopic (exact) mass is 386 g/mol. The number of aryl methyl sites for hydroxylation is 1. The zero-order valence-corrected chi connectivity index (χ0v) is 16.0. The molecule has 138 valence electrons. The molecule has 2 atom stereocenters. The second-order valence-electron chi connectivity index (χ2n) is 7.30. The molecule has 5 rings (SSSR count). The molecule has 4 heteroatoms. The molecular formula is C24H19ClN2O. The predicted octanol–water partition coefficient (Wildman–Crippen LogP) is 5.50. The lowest BCUT2D eigenvalue weighted by Gasteiger charge is -2.29. The van der Waals surface area contributed by atoms with Gasteiger partial charge in [-0.2, -0.15) is 5.10 Å². The summed E-state index contributed by atoms with van der Waals surface area (Å²) in [6.45, 7) is 0. The third-order valence-corrected chi connectivity index (χ3v) is 5.92. The number of benzene rings is 3. The van der Waals surface area contributed by atoms with Crippen LogP contribution in [0.15, 0.2) is 84.0 Å². The molecule has 2 unspecified atom stereocenters. The first-order chi connectivity index (χ1) is 13.7. The third-order valence-electron chi connectivity index (χ3n) is 5.67. The van der Waals surface area contributed by atoms with Crippen molar-refractivity contribution >= 4 is 23.2 Å². The Balaban J connectivity index is 1.62. The number of nitrogens with zero attached hydrogens (tertiary/aromatic N) is 2. The summed E-state index contributed by atoms with van der Waals surface area (Å²) < 4.78 is 0. The van der Waals surface area contributed by atoms with Crippen LogP contribution in [0.2, 0.25) is 5.02 Å². The fourth-order valence-corrected chi connectivity index (χ4v) is 4.46. The van der Waals surface area contributed by atoms with Crippen LogP contribution in [0.1, 0.15) is 39.5 Å². The van der Waals surface area contributed by atoms with Gasteiger partial charge in [0.15, 0.2) is 0 Å². The van der Waals surface area contributed by atoms with Crippen molar-refractivity contribution in [2.75, 3.05) is 0 Å².